The maximum Gasteiger partial charge on any atom is 0.416 e. The Balaban J connectivity index is 2.55. The molecule has 2 amide bonds. The molecule has 7 nitrogen and oxygen atoms in total. The van der Waals surface area contributed by atoms with Gasteiger partial charge in [-0.15, -0.1) is 0 Å². The molecule has 0 bridgehead atoms. The Morgan fingerprint density at radius 3 is 2.28 bits per heavy atom. The number of sulfonamides is 1. The van der Waals surface area contributed by atoms with Crippen molar-refractivity contribution in [3.63, 3.8) is 0 Å². The summed E-state index contributed by atoms with van der Waals surface area (Å²) < 4.78 is 65.7. The lowest BCUT2D eigenvalue weighted by Gasteiger charge is -2.33. The first-order chi connectivity index (χ1) is 16.7. The van der Waals surface area contributed by atoms with E-state index in [1.54, 1.807) is 26.0 Å². The standard InChI is InChI=1S/C24H29ClF3N3O4S/c1-5-20(23(33)29-6-2)30(14-17-10-8-7-9-16(17)3)22(32)15-31(36(4,34)35)21-13-18(24(26,27)28)11-12-19(21)25/h7-13,20H,5-6,14-15H2,1-4H3,(H,29,33)/t20-/m0/s1. The highest BCUT2D eigenvalue weighted by Gasteiger charge is 2.35. The maximum absolute atomic E-state index is 13.6. The van der Waals surface area contributed by atoms with Crippen LogP contribution >= 0.6 is 11.6 Å². The summed E-state index contributed by atoms with van der Waals surface area (Å²) in [4.78, 5) is 27.6. The van der Waals surface area contributed by atoms with Gasteiger partial charge in [-0.2, -0.15) is 13.2 Å². The molecule has 0 aromatic heterocycles. The van der Waals surface area contributed by atoms with E-state index in [-0.39, 0.29) is 18.0 Å². The number of anilines is 1. The molecule has 0 radical (unpaired) electrons. The minimum Gasteiger partial charge on any atom is -0.355 e. The number of benzene rings is 2. The molecule has 12 heteroatoms. The lowest BCUT2D eigenvalue weighted by Crippen LogP contribution is -2.52. The number of amides is 2. The summed E-state index contributed by atoms with van der Waals surface area (Å²) in [7, 11) is -4.24. The van der Waals surface area contributed by atoms with Gasteiger partial charge in [0, 0.05) is 13.1 Å². The number of nitrogens with one attached hydrogen (secondary N) is 1. The normalized spacial score (nSPS) is 12.7. The predicted octanol–water partition coefficient (Wildman–Crippen LogP) is 4.38. The molecule has 0 aliphatic rings. The second-order valence-electron chi connectivity index (χ2n) is 8.20. The number of alkyl halides is 3. The van der Waals surface area contributed by atoms with Gasteiger partial charge in [-0.05, 0) is 49.6 Å². The highest BCUT2D eigenvalue weighted by molar-refractivity contribution is 7.92. The number of carbonyl (C=O) groups excluding carboxylic acids is 2. The van der Waals surface area contributed by atoms with Crippen LogP contribution in [0.15, 0.2) is 42.5 Å². The fourth-order valence-corrected chi connectivity index (χ4v) is 4.78. The van der Waals surface area contributed by atoms with Crippen molar-refractivity contribution in [3.05, 3.63) is 64.2 Å². The van der Waals surface area contributed by atoms with Gasteiger partial charge in [0.25, 0.3) is 0 Å². The maximum atomic E-state index is 13.6. The average molecular weight is 548 g/mol. The third kappa shape index (κ3) is 7.36. The lowest BCUT2D eigenvalue weighted by molar-refractivity contribution is -0.140. The van der Waals surface area contributed by atoms with E-state index in [0.717, 1.165) is 29.5 Å². The molecule has 2 aromatic carbocycles. The number of aryl methyl sites for hydroxylation is 1. The van der Waals surface area contributed by atoms with E-state index >= 15 is 0 Å². The number of nitrogens with zero attached hydrogens (tertiary/aromatic N) is 2. The van der Waals surface area contributed by atoms with Crippen molar-refractivity contribution in [2.24, 2.45) is 0 Å². The second kappa shape index (κ2) is 12.0. The van der Waals surface area contributed by atoms with Crippen LogP contribution in [0.2, 0.25) is 5.02 Å². The van der Waals surface area contributed by atoms with Crippen LogP contribution in [0, 0.1) is 6.92 Å². The summed E-state index contributed by atoms with van der Waals surface area (Å²) in [5, 5.41) is 2.39. The van der Waals surface area contributed by atoms with Gasteiger partial charge >= 0.3 is 6.18 Å². The molecule has 0 saturated carbocycles. The molecule has 2 aromatic rings. The summed E-state index contributed by atoms with van der Waals surface area (Å²) in [5.74, 6) is -1.19. The van der Waals surface area contributed by atoms with Gasteiger partial charge in [0.15, 0.2) is 0 Å². The minimum atomic E-state index is -4.76. The molecule has 0 saturated heterocycles. The largest absolute Gasteiger partial charge is 0.416 e. The van der Waals surface area contributed by atoms with Gasteiger partial charge < -0.3 is 10.2 Å². The Morgan fingerprint density at radius 1 is 1.11 bits per heavy atom. The van der Waals surface area contributed by atoms with Gasteiger partial charge in [-0.1, -0.05) is 42.8 Å². The van der Waals surface area contributed by atoms with Crippen LogP contribution in [0.1, 0.15) is 37.0 Å². The molecule has 0 aliphatic heterocycles. The number of hydrogen-bond donors (Lipinski definition) is 1. The van der Waals surface area contributed by atoms with Crippen LogP contribution in [0.3, 0.4) is 0 Å². The van der Waals surface area contributed by atoms with Crippen LogP contribution in [0.4, 0.5) is 18.9 Å². The monoisotopic (exact) mass is 547 g/mol. The molecule has 0 heterocycles. The topological polar surface area (TPSA) is 86.8 Å². The van der Waals surface area contributed by atoms with E-state index in [9.17, 15) is 31.2 Å². The Hall–Kier alpha value is -2.79. The van der Waals surface area contributed by atoms with Crippen LogP contribution in [-0.4, -0.2) is 50.5 Å². The van der Waals surface area contributed by atoms with Crippen molar-refractivity contribution in [3.8, 4) is 0 Å². The molecule has 2 rings (SSSR count). The van der Waals surface area contributed by atoms with E-state index in [2.05, 4.69) is 5.32 Å². The lowest BCUT2D eigenvalue weighted by atomic mass is 10.1. The van der Waals surface area contributed by atoms with Gasteiger partial charge in [-0.25, -0.2) is 8.42 Å². The molecule has 1 atom stereocenters. The van der Waals surface area contributed by atoms with E-state index in [0.29, 0.717) is 16.9 Å². The molecular formula is C24H29ClF3N3O4S. The highest BCUT2D eigenvalue weighted by Crippen LogP contribution is 2.36. The number of likely N-dealkylation sites (N-methyl/N-ethyl adjacent to an activating group) is 1. The third-order valence-corrected chi connectivity index (χ3v) is 7.01. The van der Waals surface area contributed by atoms with Crippen LogP contribution in [-0.2, 0) is 32.3 Å². The Labute approximate surface area is 214 Å². The summed E-state index contributed by atoms with van der Waals surface area (Å²) in [6, 6.07) is 8.49. The van der Waals surface area contributed by atoms with E-state index < -0.39 is 51.9 Å². The molecule has 1 N–H and O–H groups in total. The molecule has 0 spiro atoms. The van der Waals surface area contributed by atoms with Crippen LogP contribution in [0.5, 0.6) is 0 Å². The first kappa shape index (κ1) is 29.4. The average Bonchev–Trinajstić information content (AvgIpc) is 2.77. The van der Waals surface area contributed by atoms with Gasteiger partial charge in [0.05, 0.1) is 22.5 Å². The number of hydrogen-bond acceptors (Lipinski definition) is 4. The number of halogens is 4. The number of rotatable bonds is 10. The summed E-state index contributed by atoms with van der Waals surface area (Å²) >= 11 is 6.08. The summed E-state index contributed by atoms with van der Waals surface area (Å²) in [6.07, 6.45) is -3.76. The van der Waals surface area contributed by atoms with Gasteiger partial charge in [-0.3, -0.25) is 13.9 Å². The zero-order valence-corrected chi connectivity index (χ0v) is 22.0. The smallest absolute Gasteiger partial charge is 0.355 e. The van der Waals surface area contributed by atoms with Gasteiger partial charge in [0.1, 0.15) is 12.6 Å². The van der Waals surface area contributed by atoms with Crippen LogP contribution in [0.25, 0.3) is 0 Å². The Morgan fingerprint density at radius 2 is 1.75 bits per heavy atom. The number of carbonyl (C=O) groups is 2. The SMILES string of the molecule is CCNC(=O)[C@H](CC)N(Cc1ccccc1C)C(=O)CN(c1cc(C(F)(F)F)ccc1Cl)S(C)(=O)=O. The minimum absolute atomic E-state index is 0.00489. The molecule has 36 heavy (non-hydrogen) atoms. The second-order valence-corrected chi connectivity index (χ2v) is 10.5. The highest BCUT2D eigenvalue weighted by atomic mass is 35.5. The molecule has 0 fully saturated rings. The quantitative estimate of drug-likeness (QED) is 0.478. The van der Waals surface area contributed by atoms with Gasteiger partial charge in [0.2, 0.25) is 21.8 Å². The first-order valence-corrected chi connectivity index (χ1v) is 13.4. The summed E-state index contributed by atoms with van der Waals surface area (Å²) in [5.41, 5.74) is -0.0173. The third-order valence-electron chi connectivity index (χ3n) is 5.56. The zero-order chi connectivity index (χ0) is 27.3. The fourth-order valence-electron chi connectivity index (χ4n) is 3.66. The van der Waals surface area contributed by atoms with Crippen molar-refractivity contribution in [2.45, 2.75) is 46.0 Å². The summed E-state index contributed by atoms with van der Waals surface area (Å²) in [6.45, 7) is 4.72. The Bertz CT molecular complexity index is 1210. The van der Waals surface area contributed by atoms with Crippen molar-refractivity contribution >= 4 is 39.1 Å². The van der Waals surface area contributed by atoms with E-state index in [1.165, 1.54) is 4.90 Å². The van der Waals surface area contributed by atoms with E-state index in [1.807, 2.05) is 19.1 Å². The molecule has 0 unspecified atom stereocenters. The zero-order valence-electron chi connectivity index (χ0n) is 20.4. The first-order valence-electron chi connectivity index (χ1n) is 11.2. The van der Waals surface area contributed by atoms with Crippen molar-refractivity contribution in [1.82, 2.24) is 10.2 Å². The van der Waals surface area contributed by atoms with Crippen molar-refractivity contribution in [2.75, 3.05) is 23.7 Å². The van der Waals surface area contributed by atoms with E-state index in [4.69, 9.17) is 11.6 Å². The molecular weight excluding hydrogens is 519 g/mol. The van der Waals surface area contributed by atoms with Crippen molar-refractivity contribution in [1.29, 1.82) is 0 Å². The predicted molar refractivity (Wildman–Crippen MR) is 133 cm³/mol. The fraction of sp³-hybridized carbons (Fsp3) is 0.417. The molecule has 0 aliphatic carbocycles. The van der Waals surface area contributed by atoms with Crippen LogP contribution < -0.4 is 9.62 Å². The molecule has 198 valence electrons. The van der Waals surface area contributed by atoms with Crippen molar-refractivity contribution < 1.29 is 31.2 Å². The Kier molecular flexibility index (Phi) is 9.78.